The number of rotatable bonds is 8. The second-order valence-electron chi connectivity index (χ2n) is 5.44. The molecule has 8 heteroatoms. The van der Waals surface area contributed by atoms with E-state index in [9.17, 15) is 9.59 Å². The molecule has 0 bridgehead atoms. The Kier molecular flexibility index (Phi) is 7.76. The van der Waals surface area contributed by atoms with Crippen molar-refractivity contribution >= 4 is 40.8 Å². The highest BCUT2D eigenvalue weighted by atomic mass is 35.5. The molecule has 0 radical (unpaired) electrons. The molecule has 0 aliphatic rings. The van der Waals surface area contributed by atoms with E-state index in [2.05, 4.69) is 5.32 Å². The van der Waals surface area contributed by atoms with Crippen molar-refractivity contribution in [3.63, 3.8) is 0 Å². The standard InChI is InChI=1S/C19H19Cl2NO5/c1-3-25-14-5-7-15(8-6-14)26-11-18(23)27-12(2)19(24)22-17-9-4-13(20)10-16(17)21/h4-10,12H,3,11H2,1-2H3,(H,22,24). The van der Waals surface area contributed by atoms with E-state index >= 15 is 0 Å². The third kappa shape index (κ3) is 6.66. The Morgan fingerprint density at radius 1 is 1.04 bits per heavy atom. The van der Waals surface area contributed by atoms with Crippen LogP contribution in [0.5, 0.6) is 11.5 Å². The summed E-state index contributed by atoms with van der Waals surface area (Å²) in [5.41, 5.74) is 0.375. The lowest BCUT2D eigenvalue weighted by Gasteiger charge is -2.14. The summed E-state index contributed by atoms with van der Waals surface area (Å²) < 4.78 is 15.7. The van der Waals surface area contributed by atoms with E-state index < -0.39 is 18.0 Å². The summed E-state index contributed by atoms with van der Waals surface area (Å²) in [6, 6.07) is 11.5. The molecule has 1 atom stereocenters. The molecule has 1 amide bonds. The Bertz CT molecular complexity index is 795. The van der Waals surface area contributed by atoms with E-state index in [1.165, 1.54) is 13.0 Å². The fraction of sp³-hybridized carbons (Fsp3) is 0.263. The van der Waals surface area contributed by atoms with Gasteiger partial charge in [-0.1, -0.05) is 23.2 Å². The maximum absolute atomic E-state index is 12.1. The average molecular weight is 412 g/mol. The molecule has 0 saturated heterocycles. The molecule has 0 aliphatic carbocycles. The van der Waals surface area contributed by atoms with Gasteiger partial charge in [0.15, 0.2) is 12.7 Å². The van der Waals surface area contributed by atoms with Crippen LogP contribution in [0.3, 0.4) is 0 Å². The first-order valence-corrected chi connectivity index (χ1v) is 8.95. The minimum atomic E-state index is -1.02. The highest BCUT2D eigenvalue weighted by molar-refractivity contribution is 6.36. The zero-order valence-corrected chi connectivity index (χ0v) is 16.3. The summed E-state index contributed by atoms with van der Waals surface area (Å²) in [6.45, 7) is 3.58. The SMILES string of the molecule is CCOc1ccc(OCC(=O)OC(C)C(=O)Nc2ccc(Cl)cc2Cl)cc1. The number of esters is 1. The van der Waals surface area contributed by atoms with Crippen LogP contribution < -0.4 is 14.8 Å². The first kappa shape index (κ1) is 20.9. The number of hydrogen-bond acceptors (Lipinski definition) is 5. The van der Waals surface area contributed by atoms with Crippen LogP contribution in [-0.4, -0.2) is 31.2 Å². The Morgan fingerprint density at radius 2 is 1.67 bits per heavy atom. The molecule has 144 valence electrons. The molecule has 0 aliphatic heterocycles. The Labute approximate surface area is 167 Å². The lowest BCUT2D eigenvalue weighted by Crippen LogP contribution is -2.31. The van der Waals surface area contributed by atoms with Gasteiger partial charge in [-0.15, -0.1) is 0 Å². The van der Waals surface area contributed by atoms with Crippen molar-refractivity contribution in [1.29, 1.82) is 0 Å². The average Bonchev–Trinajstić information content (AvgIpc) is 2.63. The third-order valence-corrected chi connectivity index (χ3v) is 3.91. The molecular weight excluding hydrogens is 393 g/mol. The lowest BCUT2D eigenvalue weighted by atomic mass is 10.3. The Morgan fingerprint density at radius 3 is 2.26 bits per heavy atom. The summed E-state index contributed by atoms with van der Waals surface area (Å²) in [6.07, 6.45) is -1.02. The van der Waals surface area contributed by atoms with Crippen LogP contribution >= 0.6 is 23.2 Å². The highest BCUT2D eigenvalue weighted by Gasteiger charge is 2.19. The van der Waals surface area contributed by atoms with Crippen molar-refractivity contribution in [3.05, 3.63) is 52.5 Å². The van der Waals surface area contributed by atoms with Crippen LogP contribution in [-0.2, 0) is 14.3 Å². The second kappa shape index (κ2) is 10.0. The van der Waals surface area contributed by atoms with Gasteiger partial charge in [0, 0.05) is 5.02 Å². The van der Waals surface area contributed by atoms with Crippen molar-refractivity contribution in [1.82, 2.24) is 0 Å². The molecule has 1 N–H and O–H groups in total. The zero-order chi connectivity index (χ0) is 19.8. The molecular formula is C19H19Cl2NO5. The fourth-order valence-electron chi connectivity index (χ4n) is 2.05. The van der Waals surface area contributed by atoms with E-state index in [-0.39, 0.29) is 11.6 Å². The van der Waals surface area contributed by atoms with Crippen molar-refractivity contribution in [2.75, 3.05) is 18.5 Å². The lowest BCUT2D eigenvalue weighted by molar-refractivity contribution is -0.155. The van der Waals surface area contributed by atoms with Crippen LogP contribution in [0.25, 0.3) is 0 Å². The van der Waals surface area contributed by atoms with Gasteiger partial charge in [0.1, 0.15) is 11.5 Å². The van der Waals surface area contributed by atoms with Crippen LogP contribution in [0.4, 0.5) is 5.69 Å². The first-order chi connectivity index (χ1) is 12.9. The van der Waals surface area contributed by atoms with Crippen LogP contribution in [0.1, 0.15) is 13.8 Å². The van der Waals surface area contributed by atoms with Crippen LogP contribution in [0, 0.1) is 0 Å². The number of ether oxygens (including phenoxy) is 3. The maximum atomic E-state index is 12.1. The number of amides is 1. The van der Waals surface area contributed by atoms with E-state index in [1.807, 2.05) is 6.92 Å². The van der Waals surface area contributed by atoms with Gasteiger partial charge in [-0.25, -0.2) is 4.79 Å². The van der Waals surface area contributed by atoms with Gasteiger partial charge >= 0.3 is 5.97 Å². The number of hydrogen-bond donors (Lipinski definition) is 1. The number of halogens is 2. The van der Waals surface area contributed by atoms with Gasteiger partial charge in [-0.2, -0.15) is 0 Å². The maximum Gasteiger partial charge on any atom is 0.344 e. The van der Waals surface area contributed by atoms with Gasteiger partial charge in [0.05, 0.1) is 17.3 Å². The topological polar surface area (TPSA) is 73.9 Å². The summed E-state index contributed by atoms with van der Waals surface area (Å²) in [5.74, 6) is 0.00131. The van der Waals surface area contributed by atoms with Gasteiger partial charge in [0.2, 0.25) is 0 Å². The molecule has 0 heterocycles. The molecule has 6 nitrogen and oxygen atoms in total. The second-order valence-corrected chi connectivity index (χ2v) is 6.28. The van der Waals surface area contributed by atoms with Crippen molar-refractivity contribution in [2.24, 2.45) is 0 Å². The highest BCUT2D eigenvalue weighted by Crippen LogP contribution is 2.25. The largest absolute Gasteiger partial charge is 0.494 e. The van der Waals surface area contributed by atoms with Crippen LogP contribution in [0.15, 0.2) is 42.5 Å². The molecule has 2 aromatic rings. The molecule has 0 spiro atoms. The van der Waals surface area contributed by atoms with E-state index in [0.29, 0.717) is 28.8 Å². The molecule has 2 rings (SSSR count). The molecule has 0 saturated carbocycles. The van der Waals surface area contributed by atoms with Crippen molar-refractivity contribution in [3.8, 4) is 11.5 Å². The molecule has 0 aromatic heterocycles. The summed E-state index contributed by atoms with van der Waals surface area (Å²) in [5, 5.41) is 3.31. The van der Waals surface area contributed by atoms with Gasteiger partial charge in [-0.3, -0.25) is 4.79 Å². The normalized spacial score (nSPS) is 11.4. The first-order valence-electron chi connectivity index (χ1n) is 8.20. The fourth-order valence-corrected chi connectivity index (χ4v) is 2.51. The monoisotopic (exact) mass is 411 g/mol. The number of carbonyl (C=O) groups excluding carboxylic acids is 2. The predicted octanol–water partition coefficient (Wildman–Crippen LogP) is 4.34. The Balaban J connectivity index is 1.81. The Hall–Kier alpha value is -2.44. The number of benzene rings is 2. The summed E-state index contributed by atoms with van der Waals surface area (Å²) in [4.78, 5) is 24.0. The zero-order valence-electron chi connectivity index (χ0n) is 14.8. The van der Waals surface area contributed by atoms with Crippen molar-refractivity contribution in [2.45, 2.75) is 20.0 Å². The van der Waals surface area contributed by atoms with E-state index in [4.69, 9.17) is 37.4 Å². The van der Waals surface area contributed by atoms with E-state index in [1.54, 1.807) is 36.4 Å². The number of nitrogens with one attached hydrogen (secondary N) is 1. The minimum absolute atomic E-state index is 0.285. The van der Waals surface area contributed by atoms with Gasteiger partial charge in [0.25, 0.3) is 5.91 Å². The quantitative estimate of drug-likeness (QED) is 0.653. The number of carbonyl (C=O) groups is 2. The molecule has 1 unspecified atom stereocenters. The third-order valence-electron chi connectivity index (χ3n) is 3.36. The predicted molar refractivity (Wildman–Crippen MR) is 104 cm³/mol. The summed E-state index contributed by atoms with van der Waals surface area (Å²) in [7, 11) is 0. The van der Waals surface area contributed by atoms with E-state index in [0.717, 1.165) is 0 Å². The number of anilines is 1. The minimum Gasteiger partial charge on any atom is -0.494 e. The molecule has 0 fully saturated rings. The van der Waals surface area contributed by atoms with Crippen molar-refractivity contribution < 1.29 is 23.8 Å². The van der Waals surface area contributed by atoms with Gasteiger partial charge in [-0.05, 0) is 56.3 Å². The summed E-state index contributed by atoms with van der Waals surface area (Å²) >= 11 is 11.8. The smallest absolute Gasteiger partial charge is 0.344 e. The van der Waals surface area contributed by atoms with Crippen LogP contribution in [0.2, 0.25) is 10.0 Å². The van der Waals surface area contributed by atoms with Gasteiger partial charge < -0.3 is 19.5 Å². The molecule has 27 heavy (non-hydrogen) atoms. The molecule has 2 aromatic carbocycles.